The van der Waals surface area contributed by atoms with E-state index >= 15 is 0 Å². The first-order valence-corrected chi connectivity index (χ1v) is 7.65. The van der Waals surface area contributed by atoms with Crippen LogP contribution < -0.4 is 5.73 Å². The van der Waals surface area contributed by atoms with Crippen LogP contribution in [0, 0.1) is 6.92 Å². The number of amides is 1. The van der Waals surface area contributed by atoms with Crippen molar-refractivity contribution in [1.29, 1.82) is 0 Å². The molecule has 1 amide bonds. The predicted molar refractivity (Wildman–Crippen MR) is 80.3 cm³/mol. The first kappa shape index (κ1) is 16.1. The molecule has 0 radical (unpaired) electrons. The molecule has 2 unspecified atom stereocenters. The van der Waals surface area contributed by atoms with Crippen molar-refractivity contribution in [3.63, 3.8) is 0 Å². The molecule has 4 nitrogen and oxygen atoms in total. The number of nitrogens with zero attached hydrogens (tertiary/aromatic N) is 2. The topological polar surface area (TPSA) is 59.2 Å². The van der Waals surface area contributed by atoms with Gasteiger partial charge in [-0.3, -0.25) is 4.79 Å². The largest absolute Gasteiger partial charge is 0.338 e. The highest BCUT2D eigenvalue weighted by atomic mass is 32.1. The predicted octanol–water partition coefficient (Wildman–Crippen LogP) is 2.66. The highest BCUT2D eigenvalue weighted by Gasteiger charge is 2.21. The van der Waals surface area contributed by atoms with Crippen molar-refractivity contribution in [3.8, 4) is 0 Å². The molecule has 0 bridgehead atoms. The van der Waals surface area contributed by atoms with Crippen LogP contribution in [0.1, 0.15) is 55.2 Å². The highest BCUT2D eigenvalue weighted by Crippen LogP contribution is 2.29. The van der Waals surface area contributed by atoms with Gasteiger partial charge >= 0.3 is 0 Å². The lowest BCUT2D eigenvalue weighted by atomic mass is 10.1. The number of hydrogen-bond donors (Lipinski definition) is 1. The summed E-state index contributed by atoms with van der Waals surface area (Å²) in [7, 11) is 1.86. The molecule has 0 saturated carbocycles. The average Bonchev–Trinajstić information content (AvgIpc) is 2.75. The minimum absolute atomic E-state index is 0.0736. The first-order valence-electron chi connectivity index (χ1n) is 6.84. The van der Waals surface area contributed by atoms with E-state index in [4.69, 9.17) is 5.73 Å². The summed E-state index contributed by atoms with van der Waals surface area (Å²) in [5.74, 6) is 0.149. The minimum atomic E-state index is 0.0736. The Morgan fingerprint density at radius 2 is 2.11 bits per heavy atom. The summed E-state index contributed by atoms with van der Waals surface area (Å²) >= 11 is 1.71. The maximum absolute atomic E-state index is 12.1. The number of rotatable bonds is 6. The lowest BCUT2D eigenvalue weighted by molar-refractivity contribution is -0.131. The fraction of sp³-hybridized carbons (Fsp3) is 0.714. The molecule has 19 heavy (non-hydrogen) atoms. The molecule has 1 aromatic heterocycles. The highest BCUT2D eigenvalue weighted by molar-refractivity contribution is 7.11. The number of carbonyl (C=O) groups excluding carboxylic acids is 1. The Bertz CT molecular complexity index is 428. The molecule has 0 fully saturated rings. The SMILES string of the molecule is CCc1nc(C)c(C(C)N(C)C(=O)CCC(C)N)s1. The van der Waals surface area contributed by atoms with E-state index in [1.165, 1.54) is 4.88 Å². The van der Waals surface area contributed by atoms with Crippen LogP contribution in [-0.2, 0) is 11.2 Å². The van der Waals surface area contributed by atoms with Crippen LogP contribution in [0.25, 0.3) is 0 Å². The summed E-state index contributed by atoms with van der Waals surface area (Å²) in [5.41, 5.74) is 6.74. The van der Waals surface area contributed by atoms with Crippen LogP contribution in [-0.4, -0.2) is 28.9 Å². The van der Waals surface area contributed by atoms with Gasteiger partial charge < -0.3 is 10.6 Å². The Morgan fingerprint density at radius 3 is 2.58 bits per heavy atom. The Balaban J connectivity index is 2.72. The Morgan fingerprint density at radius 1 is 1.47 bits per heavy atom. The van der Waals surface area contributed by atoms with Crippen LogP contribution in [0.4, 0.5) is 0 Å². The first-order chi connectivity index (χ1) is 8.86. The maximum Gasteiger partial charge on any atom is 0.222 e. The Hall–Kier alpha value is -0.940. The fourth-order valence-corrected chi connectivity index (χ4v) is 3.03. The summed E-state index contributed by atoms with van der Waals surface area (Å²) in [6.45, 7) is 8.10. The van der Waals surface area contributed by atoms with E-state index in [-0.39, 0.29) is 18.0 Å². The number of thiazole rings is 1. The molecule has 2 atom stereocenters. The van der Waals surface area contributed by atoms with Gasteiger partial charge in [-0.05, 0) is 33.6 Å². The number of aryl methyl sites for hydroxylation is 2. The van der Waals surface area contributed by atoms with E-state index in [1.54, 1.807) is 11.3 Å². The Labute approximate surface area is 120 Å². The quantitative estimate of drug-likeness (QED) is 0.873. The lowest BCUT2D eigenvalue weighted by Crippen LogP contribution is -2.30. The van der Waals surface area contributed by atoms with Gasteiger partial charge in [0.05, 0.1) is 16.7 Å². The molecule has 0 aromatic carbocycles. The van der Waals surface area contributed by atoms with E-state index in [0.29, 0.717) is 6.42 Å². The third-order valence-corrected chi connectivity index (χ3v) is 4.82. The summed E-state index contributed by atoms with van der Waals surface area (Å²) in [4.78, 5) is 19.6. The van der Waals surface area contributed by atoms with Crippen molar-refractivity contribution in [1.82, 2.24) is 9.88 Å². The number of nitrogens with two attached hydrogens (primary N) is 1. The maximum atomic E-state index is 12.1. The molecule has 0 spiro atoms. The van der Waals surface area contributed by atoms with Gasteiger partial charge in [0.2, 0.25) is 5.91 Å². The van der Waals surface area contributed by atoms with Crippen molar-refractivity contribution in [2.75, 3.05) is 7.05 Å². The monoisotopic (exact) mass is 283 g/mol. The van der Waals surface area contributed by atoms with Gasteiger partial charge in [-0.1, -0.05) is 6.92 Å². The smallest absolute Gasteiger partial charge is 0.222 e. The molecule has 5 heteroatoms. The molecule has 1 heterocycles. The average molecular weight is 283 g/mol. The molecule has 108 valence electrons. The van der Waals surface area contributed by atoms with Crippen molar-refractivity contribution in [2.24, 2.45) is 5.73 Å². The molecule has 0 aliphatic rings. The minimum Gasteiger partial charge on any atom is -0.338 e. The van der Waals surface area contributed by atoms with Gasteiger partial charge in [-0.2, -0.15) is 0 Å². The van der Waals surface area contributed by atoms with E-state index < -0.39 is 0 Å². The van der Waals surface area contributed by atoms with Crippen molar-refractivity contribution >= 4 is 17.2 Å². The molecule has 2 N–H and O–H groups in total. The summed E-state index contributed by atoms with van der Waals surface area (Å²) in [6.07, 6.45) is 2.19. The standard InChI is InChI=1S/C14H25N3OS/c1-6-12-16-10(3)14(19-12)11(4)17(5)13(18)8-7-9(2)15/h9,11H,6-8,15H2,1-5H3. The normalized spacial score (nSPS) is 14.2. The zero-order chi connectivity index (χ0) is 14.6. The summed E-state index contributed by atoms with van der Waals surface area (Å²) < 4.78 is 0. The van der Waals surface area contributed by atoms with E-state index in [2.05, 4.69) is 18.8 Å². The van der Waals surface area contributed by atoms with E-state index in [1.807, 2.05) is 25.8 Å². The van der Waals surface area contributed by atoms with Gasteiger partial charge in [0, 0.05) is 24.4 Å². The second-order valence-corrected chi connectivity index (χ2v) is 6.22. The van der Waals surface area contributed by atoms with Gasteiger partial charge in [0.15, 0.2) is 0 Å². The van der Waals surface area contributed by atoms with Crippen molar-refractivity contribution in [2.45, 2.75) is 59.0 Å². The molecule has 1 aromatic rings. The zero-order valence-corrected chi connectivity index (χ0v) is 13.4. The van der Waals surface area contributed by atoms with Gasteiger partial charge in [0.1, 0.15) is 0 Å². The second-order valence-electron chi connectivity index (χ2n) is 5.11. The van der Waals surface area contributed by atoms with E-state index in [0.717, 1.165) is 23.5 Å². The van der Waals surface area contributed by atoms with Crippen LogP contribution >= 0.6 is 11.3 Å². The molecule has 0 aliphatic carbocycles. The number of carbonyl (C=O) groups is 1. The molecular weight excluding hydrogens is 258 g/mol. The van der Waals surface area contributed by atoms with Crippen LogP contribution in [0.5, 0.6) is 0 Å². The van der Waals surface area contributed by atoms with E-state index in [9.17, 15) is 4.79 Å². The molecule has 0 saturated heterocycles. The third-order valence-electron chi connectivity index (χ3n) is 3.35. The van der Waals surface area contributed by atoms with Gasteiger partial charge in [0.25, 0.3) is 0 Å². The Kier molecular flexibility index (Phi) is 5.94. The molecular formula is C14H25N3OS. The van der Waals surface area contributed by atoms with Gasteiger partial charge in [-0.25, -0.2) is 4.98 Å². The lowest BCUT2D eigenvalue weighted by Gasteiger charge is -2.24. The van der Waals surface area contributed by atoms with Crippen LogP contribution in [0.2, 0.25) is 0 Å². The van der Waals surface area contributed by atoms with Crippen LogP contribution in [0.3, 0.4) is 0 Å². The zero-order valence-electron chi connectivity index (χ0n) is 12.6. The van der Waals surface area contributed by atoms with Crippen molar-refractivity contribution < 1.29 is 4.79 Å². The number of hydrogen-bond acceptors (Lipinski definition) is 4. The molecule has 1 rings (SSSR count). The molecule has 0 aliphatic heterocycles. The second kappa shape index (κ2) is 7.01. The van der Waals surface area contributed by atoms with Crippen LogP contribution in [0.15, 0.2) is 0 Å². The summed E-state index contributed by atoms with van der Waals surface area (Å²) in [5, 5.41) is 1.13. The fourth-order valence-electron chi connectivity index (χ4n) is 1.92. The summed E-state index contributed by atoms with van der Waals surface area (Å²) in [6, 6.07) is 0.155. The van der Waals surface area contributed by atoms with Crippen molar-refractivity contribution in [3.05, 3.63) is 15.6 Å². The number of aromatic nitrogens is 1. The third kappa shape index (κ3) is 4.28. The van der Waals surface area contributed by atoms with Gasteiger partial charge in [-0.15, -0.1) is 11.3 Å².